The predicted octanol–water partition coefficient (Wildman–Crippen LogP) is 2.36. The zero-order valence-corrected chi connectivity index (χ0v) is 17.6. The summed E-state index contributed by atoms with van der Waals surface area (Å²) in [6.45, 7) is 1.41. The molecule has 3 rings (SSSR count). The molecule has 0 radical (unpaired) electrons. The minimum Gasteiger partial charge on any atom is -0.452 e. The number of para-hydroxylation sites is 1. The van der Waals surface area contributed by atoms with E-state index in [0.29, 0.717) is 6.54 Å². The predicted molar refractivity (Wildman–Crippen MR) is 109 cm³/mol. The first-order valence-electron chi connectivity index (χ1n) is 9.51. The van der Waals surface area contributed by atoms with Crippen molar-refractivity contribution in [3.05, 3.63) is 59.9 Å². The third kappa shape index (κ3) is 4.68. The Morgan fingerprint density at radius 2 is 1.83 bits per heavy atom. The molecule has 2 aromatic carbocycles. The van der Waals surface area contributed by atoms with Crippen molar-refractivity contribution < 1.29 is 27.1 Å². The number of hydrogen-bond donors (Lipinski definition) is 0. The van der Waals surface area contributed by atoms with E-state index in [0.717, 1.165) is 52.7 Å². The number of sulfonamides is 1. The van der Waals surface area contributed by atoms with Gasteiger partial charge in [0.1, 0.15) is 12.4 Å². The normalized spacial score (nSPS) is 14.9. The molecule has 2 aromatic rings. The quantitative estimate of drug-likeness (QED) is 0.652. The number of benzene rings is 2. The first-order valence-corrected chi connectivity index (χ1v) is 10.9. The van der Waals surface area contributed by atoms with Crippen molar-refractivity contribution in [1.29, 1.82) is 0 Å². The van der Waals surface area contributed by atoms with Crippen molar-refractivity contribution in [2.75, 3.05) is 25.0 Å². The number of rotatable bonds is 6. The van der Waals surface area contributed by atoms with E-state index in [1.165, 1.54) is 14.0 Å². The second-order valence-corrected chi connectivity index (χ2v) is 9.11. The molecule has 0 aliphatic carbocycles. The van der Waals surface area contributed by atoms with Gasteiger partial charge in [0.05, 0.1) is 4.90 Å². The van der Waals surface area contributed by atoms with E-state index in [1.54, 1.807) is 4.90 Å². The van der Waals surface area contributed by atoms with Gasteiger partial charge in [-0.1, -0.05) is 18.2 Å². The summed E-state index contributed by atoms with van der Waals surface area (Å²) in [6, 6.07) is 11.8. The van der Waals surface area contributed by atoms with Crippen LogP contribution < -0.4 is 4.90 Å². The van der Waals surface area contributed by atoms with Gasteiger partial charge in [-0.05, 0) is 55.7 Å². The van der Waals surface area contributed by atoms with E-state index in [9.17, 15) is 22.4 Å². The summed E-state index contributed by atoms with van der Waals surface area (Å²) >= 11 is 0. The van der Waals surface area contributed by atoms with Crippen molar-refractivity contribution in [2.24, 2.45) is 0 Å². The Hall–Kier alpha value is -2.78. The number of ether oxygens (including phenoxy) is 1. The molecule has 1 heterocycles. The van der Waals surface area contributed by atoms with Gasteiger partial charge in [-0.3, -0.25) is 9.59 Å². The highest BCUT2D eigenvalue weighted by Crippen LogP contribution is 2.27. The number of carbonyl (C=O) groups is 2. The first-order chi connectivity index (χ1) is 14.2. The molecule has 0 unspecified atom stereocenters. The summed E-state index contributed by atoms with van der Waals surface area (Å²) in [7, 11) is -2.78. The third-order valence-corrected chi connectivity index (χ3v) is 6.72. The van der Waals surface area contributed by atoms with Gasteiger partial charge in [-0.25, -0.2) is 12.8 Å². The van der Waals surface area contributed by atoms with Gasteiger partial charge < -0.3 is 9.64 Å². The minimum atomic E-state index is -4.00. The summed E-state index contributed by atoms with van der Waals surface area (Å²) in [4.78, 5) is 26.5. The lowest BCUT2D eigenvalue weighted by molar-refractivity contribution is -0.153. The highest BCUT2D eigenvalue weighted by Gasteiger charge is 2.30. The Bertz CT molecular complexity index is 1040. The molecule has 30 heavy (non-hydrogen) atoms. The van der Waals surface area contributed by atoms with Crippen LogP contribution in [-0.4, -0.2) is 50.8 Å². The summed E-state index contributed by atoms with van der Waals surface area (Å²) in [6.07, 6.45) is 0.618. The van der Waals surface area contributed by atoms with Gasteiger partial charge >= 0.3 is 5.97 Å². The van der Waals surface area contributed by atoms with Crippen molar-refractivity contribution in [2.45, 2.75) is 30.8 Å². The third-order valence-electron chi connectivity index (χ3n) is 4.91. The van der Waals surface area contributed by atoms with Crippen LogP contribution in [0.25, 0.3) is 0 Å². The highest BCUT2D eigenvalue weighted by atomic mass is 32.2. The van der Waals surface area contributed by atoms with Gasteiger partial charge in [-0.2, -0.15) is 4.31 Å². The maximum Gasteiger partial charge on any atom is 0.322 e. The van der Waals surface area contributed by atoms with Gasteiger partial charge in [0, 0.05) is 19.3 Å². The molecule has 0 saturated carbocycles. The Morgan fingerprint density at radius 1 is 1.17 bits per heavy atom. The van der Waals surface area contributed by atoms with Crippen LogP contribution in [0.4, 0.5) is 10.1 Å². The summed E-state index contributed by atoms with van der Waals surface area (Å²) in [5.41, 5.74) is 1.86. The van der Waals surface area contributed by atoms with E-state index in [4.69, 9.17) is 4.74 Å². The van der Waals surface area contributed by atoms with Crippen molar-refractivity contribution in [3.8, 4) is 0 Å². The lowest BCUT2D eigenvalue weighted by Crippen LogP contribution is -2.44. The smallest absolute Gasteiger partial charge is 0.322 e. The second-order valence-electron chi connectivity index (χ2n) is 7.07. The summed E-state index contributed by atoms with van der Waals surface area (Å²) in [5.74, 6) is -1.78. The molecule has 0 fully saturated rings. The molecule has 0 aromatic heterocycles. The molecule has 0 N–H and O–H groups in total. The number of amides is 1. The summed E-state index contributed by atoms with van der Waals surface area (Å²) < 4.78 is 44.0. The Morgan fingerprint density at radius 3 is 2.53 bits per heavy atom. The highest BCUT2D eigenvalue weighted by molar-refractivity contribution is 7.89. The SMILES string of the molecule is C[C@@H](OC(=O)CN(C)S(=O)(=O)c1ccc(F)cc1)C(=O)N1CCCc2ccccc21. The number of anilines is 1. The molecular formula is C21H23FN2O5S. The van der Waals surface area contributed by atoms with Crippen LogP contribution in [-0.2, 0) is 30.8 Å². The number of nitrogens with zero attached hydrogens (tertiary/aromatic N) is 2. The standard InChI is InChI=1S/C21H23FN2O5S/c1-15(21(26)24-13-5-7-16-6-3-4-8-19(16)24)29-20(25)14-23(2)30(27,28)18-11-9-17(22)10-12-18/h3-4,6,8-12,15H,5,7,13-14H2,1-2H3/t15-/m1/s1. The fourth-order valence-corrected chi connectivity index (χ4v) is 4.44. The van der Waals surface area contributed by atoms with E-state index in [1.807, 2.05) is 24.3 Å². The van der Waals surface area contributed by atoms with Crippen molar-refractivity contribution in [3.63, 3.8) is 0 Å². The van der Waals surface area contributed by atoms with E-state index in [2.05, 4.69) is 0 Å². The topological polar surface area (TPSA) is 84.0 Å². The Labute approximate surface area is 175 Å². The number of likely N-dealkylation sites (N-methyl/N-ethyl adjacent to an activating group) is 1. The van der Waals surface area contributed by atoms with Crippen LogP contribution in [0.15, 0.2) is 53.4 Å². The van der Waals surface area contributed by atoms with Crippen LogP contribution in [0.1, 0.15) is 18.9 Å². The average Bonchev–Trinajstić information content (AvgIpc) is 2.72. The maximum absolute atomic E-state index is 13.0. The second kappa shape index (κ2) is 8.93. The number of halogens is 1. The van der Waals surface area contributed by atoms with E-state index >= 15 is 0 Å². The van der Waals surface area contributed by atoms with Gasteiger partial charge in [-0.15, -0.1) is 0 Å². The lowest BCUT2D eigenvalue weighted by atomic mass is 10.0. The number of carbonyl (C=O) groups excluding carboxylic acids is 2. The minimum absolute atomic E-state index is 0.145. The van der Waals surface area contributed by atoms with Gasteiger partial charge in [0.25, 0.3) is 5.91 Å². The van der Waals surface area contributed by atoms with Crippen LogP contribution in [0, 0.1) is 5.82 Å². The zero-order valence-electron chi connectivity index (χ0n) is 16.7. The van der Waals surface area contributed by atoms with Crippen LogP contribution in [0.2, 0.25) is 0 Å². The van der Waals surface area contributed by atoms with Gasteiger partial charge in [0.15, 0.2) is 6.10 Å². The fraction of sp³-hybridized carbons (Fsp3) is 0.333. The number of fused-ring (bicyclic) bond motifs is 1. The van der Waals surface area contributed by atoms with E-state index in [-0.39, 0.29) is 10.8 Å². The molecular weight excluding hydrogens is 411 g/mol. The molecule has 160 valence electrons. The first kappa shape index (κ1) is 21.9. The van der Waals surface area contributed by atoms with Crippen molar-refractivity contribution >= 4 is 27.6 Å². The Balaban J connectivity index is 1.63. The molecule has 1 atom stereocenters. The molecule has 0 spiro atoms. The van der Waals surface area contributed by atoms with Crippen LogP contribution >= 0.6 is 0 Å². The molecule has 1 amide bonds. The number of esters is 1. The molecule has 7 nitrogen and oxygen atoms in total. The monoisotopic (exact) mass is 434 g/mol. The summed E-state index contributed by atoms with van der Waals surface area (Å²) in [5, 5.41) is 0. The van der Waals surface area contributed by atoms with Crippen molar-refractivity contribution in [1.82, 2.24) is 4.31 Å². The molecule has 1 aliphatic heterocycles. The van der Waals surface area contributed by atoms with Gasteiger partial charge in [0.2, 0.25) is 10.0 Å². The fourth-order valence-electron chi connectivity index (χ4n) is 3.32. The lowest BCUT2D eigenvalue weighted by Gasteiger charge is -2.31. The average molecular weight is 434 g/mol. The maximum atomic E-state index is 13.0. The Kier molecular flexibility index (Phi) is 6.52. The van der Waals surface area contributed by atoms with Crippen LogP contribution in [0.5, 0.6) is 0 Å². The molecule has 9 heteroatoms. The van der Waals surface area contributed by atoms with E-state index < -0.39 is 34.5 Å². The molecule has 0 saturated heterocycles. The van der Waals surface area contributed by atoms with Crippen LogP contribution in [0.3, 0.4) is 0 Å². The molecule has 1 aliphatic rings. The zero-order chi connectivity index (χ0) is 21.9. The number of hydrogen-bond acceptors (Lipinski definition) is 5. The number of aryl methyl sites for hydroxylation is 1. The largest absolute Gasteiger partial charge is 0.452 e. The molecule has 0 bridgehead atoms.